The molecule has 52 heavy (non-hydrogen) atoms. The first-order valence-electron chi connectivity index (χ1n) is 17.4. The quantitative estimate of drug-likeness (QED) is 0.174. The predicted molar refractivity (Wildman–Crippen MR) is 200 cm³/mol. The molecule has 1 fully saturated rings. The van der Waals surface area contributed by atoms with E-state index in [4.69, 9.17) is 0 Å². The molecular weight excluding hydrogens is 696 g/mol. The van der Waals surface area contributed by atoms with Crippen LogP contribution in [0.1, 0.15) is 57.3 Å². The summed E-state index contributed by atoms with van der Waals surface area (Å²) in [5, 5.41) is 37.2. The minimum absolute atomic E-state index is 0. The smallest absolute Gasteiger partial charge is 0.457 e. The summed E-state index contributed by atoms with van der Waals surface area (Å²) in [7, 11) is 0. The van der Waals surface area contributed by atoms with Crippen LogP contribution in [0.25, 0.3) is 0 Å². The molecule has 0 bridgehead atoms. The maximum absolute atomic E-state index is 9.30. The Kier molecular flexibility index (Phi) is 17.7. The standard InChI is InChI=1S/C42H44N8.Cu.H2O/c43-27-35-3-11-39(12-4-35)31-47-19-1-20-48(32-40-13-5-36(28-44)6-14-40)24-26-50(34-42-17-9-38(30-46)10-18-42)22-2-21-49(25-23-47)33-41-15-7-37(29-45)8-16-41;;/h3-18H,1-2,19-26,31-34H2;;1H2/q;+2;/p+1. The van der Waals surface area contributed by atoms with E-state index >= 15 is 0 Å². The van der Waals surface area contributed by atoms with Gasteiger partial charge in [0.25, 0.3) is 0 Å². The zero-order valence-corrected chi connectivity index (χ0v) is 30.5. The maximum atomic E-state index is 9.30. The van der Waals surface area contributed by atoms with Gasteiger partial charge in [0.15, 0.2) is 0 Å². The van der Waals surface area contributed by atoms with Gasteiger partial charge < -0.3 is 5.48 Å². The second-order valence-corrected chi connectivity index (χ2v) is 13.0. The Labute approximate surface area is 319 Å². The Bertz CT molecular complexity index is 1550. The summed E-state index contributed by atoms with van der Waals surface area (Å²) in [6, 6.07) is 40.7. The first kappa shape index (κ1) is 41.6. The fourth-order valence-corrected chi connectivity index (χ4v) is 6.45. The van der Waals surface area contributed by atoms with Crippen LogP contribution in [0.15, 0.2) is 97.1 Å². The Balaban J connectivity index is 0.00000364. The van der Waals surface area contributed by atoms with E-state index in [1.807, 2.05) is 48.5 Å². The summed E-state index contributed by atoms with van der Waals surface area (Å²) < 4.78 is 0. The molecule has 0 atom stereocenters. The van der Waals surface area contributed by atoms with E-state index in [1.54, 1.807) is 0 Å². The zero-order valence-electron chi connectivity index (χ0n) is 29.6. The van der Waals surface area contributed by atoms with E-state index in [2.05, 4.69) is 92.4 Å². The molecule has 0 unspecified atom stereocenters. The van der Waals surface area contributed by atoms with Crippen molar-refractivity contribution in [2.75, 3.05) is 52.4 Å². The molecule has 1 aliphatic heterocycles. The van der Waals surface area contributed by atoms with Gasteiger partial charge in [-0.1, -0.05) is 48.5 Å². The normalized spacial score (nSPS) is 15.3. The van der Waals surface area contributed by atoms with E-state index in [-0.39, 0.29) is 22.5 Å². The van der Waals surface area contributed by atoms with Crippen LogP contribution in [0.3, 0.4) is 0 Å². The summed E-state index contributed by atoms with van der Waals surface area (Å²) in [6.45, 7) is 10.8. The third-order valence-electron chi connectivity index (χ3n) is 9.32. The van der Waals surface area contributed by atoms with Crippen molar-refractivity contribution in [2.24, 2.45) is 0 Å². The summed E-state index contributed by atoms with van der Waals surface area (Å²) in [4.78, 5) is 10.2. The van der Waals surface area contributed by atoms with Crippen molar-refractivity contribution in [3.05, 3.63) is 142 Å². The van der Waals surface area contributed by atoms with Crippen LogP contribution in [0.5, 0.6) is 0 Å². The van der Waals surface area contributed by atoms with Gasteiger partial charge in [-0.3, -0.25) is 19.6 Å². The van der Waals surface area contributed by atoms with Crippen molar-refractivity contribution < 1.29 is 22.5 Å². The van der Waals surface area contributed by atoms with E-state index < -0.39 is 0 Å². The molecule has 0 aliphatic carbocycles. The molecule has 1 saturated heterocycles. The SMILES string of the molecule is N#Cc1ccc(CN2CCCN(Cc3ccc(C#N)cc3)CCN(Cc3ccc(C#N)cc3)CCCN(Cc3ccc(C#N)cc3)CC2)cc1.[Cu+2].[OH3+]. The van der Waals surface area contributed by atoms with Gasteiger partial charge in [0.2, 0.25) is 0 Å². The van der Waals surface area contributed by atoms with E-state index in [0.717, 1.165) is 91.4 Å². The number of hydrogen-bond donors (Lipinski definition) is 0. The molecule has 269 valence electrons. The predicted octanol–water partition coefficient (Wildman–Crippen LogP) is 5.35. The van der Waals surface area contributed by atoms with Gasteiger partial charge in [0, 0.05) is 52.4 Å². The molecule has 4 aromatic carbocycles. The molecule has 0 amide bonds. The number of benzene rings is 4. The van der Waals surface area contributed by atoms with Gasteiger partial charge >= 0.3 is 17.1 Å². The number of rotatable bonds is 8. The molecule has 1 heterocycles. The first-order chi connectivity index (χ1) is 24.5. The van der Waals surface area contributed by atoms with Crippen molar-refractivity contribution in [2.45, 2.75) is 39.0 Å². The van der Waals surface area contributed by atoms with Gasteiger partial charge in [0.05, 0.1) is 46.5 Å². The molecule has 4 aromatic rings. The maximum Gasteiger partial charge on any atom is 2.00 e. The number of nitriles is 4. The monoisotopic (exact) mass is 742 g/mol. The Morgan fingerprint density at radius 2 is 0.538 bits per heavy atom. The molecule has 3 N–H and O–H groups in total. The van der Waals surface area contributed by atoms with Crippen molar-refractivity contribution in [3.8, 4) is 24.3 Å². The number of hydrogen-bond acceptors (Lipinski definition) is 8. The van der Waals surface area contributed by atoms with Crippen LogP contribution in [-0.2, 0) is 48.7 Å². The third-order valence-corrected chi connectivity index (χ3v) is 9.32. The fraction of sp³-hybridized carbons (Fsp3) is 0.333. The van der Waals surface area contributed by atoms with Crippen LogP contribution < -0.4 is 0 Å². The van der Waals surface area contributed by atoms with Crippen molar-refractivity contribution >= 4 is 0 Å². The molecule has 1 radical (unpaired) electrons. The number of nitrogens with zero attached hydrogens (tertiary/aromatic N) is 8. The molecule has 10 heteroatoms. The molecule has 0 aromatic heterocycles. The molecule has 0 saturated carbocycles. The average molecular weight is 743 g/mol. The second kappa shape index (κ2) is 22.2. The van der Waals surface area contributed by atoms with Crippen LogP contribution in [0, 0.1) is 45.3 Å². The van der Waals surface area contributed by atoms with Crippen LogP contribution in [0.4, 0.5) is 0 Å². The van der Waals surface area contributed by atoms with Crippen LogP contribution >= 0.6 is 0 Å². The molecule has 1 aliphatic rings. The van der Waals surface area contributed by atoms with Gasteiger partial charge in [-0.05, 0) is 110 Å². The minimum atomic E-state index is 0. The first-order valence-corrected chi connectivity index (χ1v) is 17.4. The zero-order chi connectivity index (χ0) is 35.0. The Hall–Kier alpha value is -4.84. The average Bonchev–Trinajstić information content (AvgIpc) is 3.16. The molecule has 9 nitrogen and oxygen atoms in total. The Morgan fingerprint density at radius 3 is 0.712 bits per heavy atom. The van der Waals surface area contributed by atoms with Gasteiger partial charge in [-0.2, -0.15) is 21.0 Å². The van der Waals surface area contributed by atoms with Crippen LogP contribution in [0.2, 0.25) is 0 Å². The van der Waals surface area contributed by atoms with Crippen molar-refractivity contribution in [1.29, 1.82) is 21.0 Å². The van der Waals surface area contributed by atoms with Gasteiger partial charge in [0.1, 0.15) is 0 Å². The van der Waals surface area contributed by atoms with Gasteiger partial charge in [-0.25, -0.2) is 0 Å². The van der Waals surface area contributed by atoms with Crippen molar-refractivity contribution in [3.63, 3.8) is 0 Å². The van der Waals surface area contributed by atoms with E-state index in [9.17, 15) is 21.0 Å². The summed E-state index contributed by atoms with van der Waals surface area (Å²) in [5.74, 6) is 0. The van der Waals surface area contributed by atoms with Crippen molar-refractivity contribution in [1.82, 2.24) is 19.6 Å². The minimum Gasteiger partial charge on any atom is -0.457 e. The molecule has 5 rings (SSSR count). The second-order valence-electron chi connectivity index (χ2n) is 13.0. The topological polar surface area (TPSA) is 141 Å². The van der Waals surface area contributed by atoms with Crippen LogP contribution in [-0.4, -0.2) is 72.0 Å². The summed E-state index contributed by atoms with van der Waals surface area (Å²) >= 11 is 0. The third kappa shape index (κ3) is 13.4. The largest absolute Gasteiger partial charge is 2.00 e. The molecule has 0 spiro atoms. The van der Waals surface area contributed by atoms with E-state index in [0.29, 0.717) is 22.3 Å². The van der Waals surface area contributed by atoms with E-state index in [1.165, 1.54) is 22.3 Å². The summed E-state index contributed by atoms with van der Waals surface area (Å²) in [6.07, 6.45) is 2.02. The Morgan fingerprint density at radius 1 is 0.346 bits per heavy atom. The molecular formula is C42H47CuN8O+3. The fourth-order valence-electron chi connectivity index (χ4n) is 6.45. The van der Waals surface area contributed by atoms with Gasteiger partial charge in [-0.15, -0.1) is 0 Å². The summed E-state index contributed by atoms with van der Waals surface area (Å²) in [5.41, 5.74) is 7.52.